The average Bonchev–Trinajstić information content (AvgIpc) is 2.70. The Morgan fingerprint density at radius 3 is 2.50 bits per heavy atom. The maximum Gasteiger partial charge on any atom is 0.333 e. The summed E-state index contributed by atoms with van der Waals surface area (Å²) in [7, 11) is 1.34. The number of rotatable bonds is 5. The van der Waals surface area contributed by atoms with Crippen LogP contribution in [0.5, 0.6) is 5.75 Å². The Bertz CT molecular complexity index is 1280. The number of nitrogens with one attached hydrogen (secondary N) is 2. The fourth-order valence-corrected chi connectivity index (χ4v) is 2.83. The van der Waals surface area contributed by atoms with Gasteiger partial charge in [0.15, 0.2) is 0 Å². The summed E-state index contributed by atoms with van der Waals surface area (Å²) in [5.74, 6) is -0.680. The summed E-state index contributed by atoms with van der Waals surface area (Å²) in [6, 6.07) is 8.69. The predicted octanol–water partition coefficient (Wildman–Crippen LogP) is 2.31. The normalized spacial score (nSPS) is 10.5. The first kappa shape index (κ1) is 20.5. The molecule has 0 aliphatic rings. The standard InChI is InChI=1S/C20H18N4O6/c1-11-4-5-13(8-12(11)2)23-19(26)15(10-21-20(23)27)18(25)22-16-9-14(24(28)29)6-7-17(16)30-3/h4-10H,1-3H3,(H,21,27)(H,22,25). The topological polar surface area (TPSA) is 136 Å². The number of hydrogen-bond acceptors (Lipinski definition) is 6. The summed E-state index contributed by atoms with van der Waals surface area (Å²) in [6.45, 7) is 3.73. The van der Waals surface area contributed by atoms with Crippen LogP contribution >= 0.6 is 0 Å². The third-order valence-electron chi connectivity index (χ3n) is 4.61. The van der Waals surface area contributed by atoms with E-state index in [0.717, 1.165) is 28.0 Å². The minimum absolute atomic E-state index is 0.0139. The van der Waals surface area contributed by atoms with E-state index >= 15 is 0 Å². The van der Waals surface area contributed by atoms with Crippen LogP contribution < -0.4 is 21.3 Å². The maximum absolute atomic E-state index is 12.9. The number of ether oxygens (including phenoxy) is 1. The molecule has 1 heterocycles. The van der Waals surface area contributed by atoms with Crippen molar-refractivity contribution in [1.82, 2.24) is 9.55 Å². The molecular formula is C20H18N4O6. The first-order valence-electron chi connectivity index (χ1n) is 8.79. The van der Waals surface area contributed by atoms with Crippen molar-refractivity contribution in [3.63, 3.8) is 0 Å². The molecule has 0 spiro atoms. The Kier molecular flexibility index (Phi) is 5.50. The lowest BCUT2D eigenvalue weighted by atomic mass is 10.1. The largest absolute Gasteiger partial charge is 0.495 e. The molecule has 154 valence electrons. The number of benzene rings is 2. The van der Waals surface area contributed by atoms with E-state index < -0.39 is 22.1 Å². The van der Waals surface area contributed by atoms with Crippen LogP contribution in [0.4, 0.5) is 11.4 Å². The van der Waals surface area contributed by atoms with Crippen LogP contribution in [-0.4, -0.2) is 27.5 Å². The van der Waals surface area contributed by atoms with Gasteiger partial charge in [-0.15, -0.1) is 0 Å². The molecule has 0 saturated carbocycles. The minimum Gasteiger partial charge on any atom is -0.495 e. The number of non-ortho nitro benzene ring substituents is 1. The zero-order valence-electron chi connectivity index (χ0n) is 16.4. The number of amides is 1. The Balaban J connectivity index is 2.05. The third-order valence-corrected chi connectivity index (χ3v) is 4.61. The third kappa shape index (κ3) is 3.83. The number of carbonyl (C=O) groups is 1. The molecule has 2 N–H and O–H groups in total. The van der Waals surface area contributed by atoms with Crippen molar-refractivity contribution >= 4 is 17.3 Å². The number of aromatic nitrogens is 2. The minimum atomic E-state index is -0.854. The SMILES string of the molecule is COc1ccc([N+](=O)[O-])cc1NC(=O)c1c[nH]c(=O)n(-c2ccc(C)c(C)c2)c1=O. The molecular weight excluding hydrogens is 392 g/mol. The van der Waals surface area contributed by atoms with Gasteiger partial charge in [-0.25, -0.2) is 9.36 Å². The Morgan fingerprint density at radius 1 is 1.13 bits per heavy atom. The van der Waals surface area contributed by atoms with Gasteiger partial charge >= 0.3 is 5.69 Å². The van der Waals surface area contributed by atoms with Crippen LogP contribution in [-0.2, 0) is 0 Å². The van der Waals surface area contributed by atoms with E-state index in [1.54, 1.807) is 18.2 Å². The van der Waals surface area contributed by atoms with Crippen LogP contribution in [0.15, 0.2) is 52.2 Å². The fourth-order valence-electron chi connectivity index (χ4n) is 2.83. The highest BCUT2D eigenvalue weighted by atomic mass is 16.6. The highest BCUT2D eigenvalue weighted by molar-refractivity contribution is 6.04. The van der Waals surface area contributed by atoms with Crippen LogP contribution in [0.25, 0.3) is 5.69 Å². The number of anilines is 1. The van der Waals surface area contributed by atoms with Crippen molar-refractivity contribution in [3.05, 3.63) is 90.2 Å². The molecule has 1 aromatic heterocycles. The first-order chi connectivity index (χ1) is 14.2. The Morgan fingerprint density at radius 2 is 1.87 bits per heavy atom. The second-order valence-corrected chi connectivity index (χ2v) is 6.51. The van der Waals surface area contributed by atoms with Gasteiger partial charge in [0, 0.05) is 18.3 Å². The molecule has 0 atom stereocenters. The van der Waals surface area contributed by atoms with Gasteiger partial charge < -0.3 is 15.0 Å². The van der Waals surface area contributed by atoms with Crippen molar-refractivity contribution in [2.24, 2.45) is 0 Å². The molecule has 3 rings (SSSR count). The summed E-state index contributed by atoms with van der Waals surface area (Å²) >= 11 is 0. The van der Waals surface area contributed by atoms with Crippen molar-refractivity contribution in [3.8, 4) is 11.4 Å². The van der Waals surface area contributed by atoms with Gasteiger partial charge in [-0.2, -0.15) is 0 Å². The number of nitro benzene ring substituents is 1. The molecule has 10 heteroatoms. The van der Waals surface area contributed by atoms with Crippen LogP contribution in [0.2, 0.25) is 0 Å². The Labute approximate surface area is 169 Å². The number of methoxy groups -OCH3 is 1. The summed E-state index contributed by atoms with van der Waals surface area (Å²) in [5, 5.41) is 13.4. The fraction of sp³-hybridized carbons (Fsp3) is 0.150. The molecule has 1 amide bonds. The molecule has 30 heavy (non-hydrogen) atoms. The molecule has 0 aliphatic heterocycles. The van der Waals surface area contributed by atoms with Gasteiger partial charge in [-0.1, -0.05) is 6.07 Å². The molecule has 0 radical (unpaired) electrons. The molecule has 2 aromatic carbocycles. The number of hydrogen-bond donors (Lipinski definition) is 2. The van der Waals surface area contributed by atoms with E-state index in [1.807, 2.05) is 13.8 Å². The molecule has 0 bridgehead atoms. The van der Waals surface area contributed by atoms with E-state index in [4.69, 9.17) is 4.74 Å². The summed E-state index contributed by atoms with van der Waals surface area (Å²) in [5.41, 5.74) is 0.0370. The highest BCUT2D eigenvalue weighted by Crippen LogP contribution is 2.29. The first-order valence-corrected chi connectivity index (χ1v) is 8.79. The van der Waals surface area contributed by atoms with Gasteiger partial charge in [-0.05, 0) is 43.2 Å². The van der Waals surface area contributed by atoms with E-state index in [9.17, 15) is 24.5 Å². The number of nitro groups is 1. The molecule has 0 saturated heterocycles. The van der Waals surface area contributed by atoms with Gasteiger partial charge in [0.25, 0.3) is 17.2 Å². The van der Waals surface area contributed by atoms with Gasteiger partial charge in [-0.3, -0.25) is 19.7 Å². The maximum atomic E-state index is 12.9. The van der Waals surface area contributed by atoms with E-state index in [0.29, 0.717) is 5.69 Å². The molecule has 3 aromatic rings. The number of aryl methyl sites for hydroxylation is 2. The number of aromatic amines is 1. The van der Waals surface area contributed by atoms with E-state index in [-0.39, 0.29) is 22.7 Å². The van der Waals surface area contributed by atoms with Crippen molar-refractivity contribution in [2.75, 3.05) is 12.4 Å². The van der Waals surface area contributed by atoms with Gasteiger partial charge in [0.1, 0.15) is 11.3 Å². The molecule has 0 fully saturated rings. The molecule has 0 unspecified atom stereocenters. The summed E-state index contributed by atoms with van der Waals surface area (Å²) in [6.07, 6.45) is 1.00. The lowest BCUT2D eigenvalue weighted by Crippen LogP contribution is -2.38. The smallest absolute Gasteiger partial charge is 0.333 e. The van der Waals surface area contributed by atoms with Gasteiger partial charge in [0.2, 0.25) is 0 Å². The second kappa shape index (κ2) is 8.03. The summed E-state index contributed by atoms with van der Waals surface area (Å²) in [4.78, 5) is 50.7. The lowest BCUT2D eigenvalue weighted by molar-refractivity contribution is -0.384. The van der Waals surface area contributed by atoms with Crippen LogP contribution in [0.1, 0.15) is 21.5 Å². The molecule has 10 nitrogen and oxygen atoms in total. The van der Waals surface area contributed by atoms with Gasteiger partial charge in [0.05, 0.1) is 23.4 Å². The van der Waals surface area contributed by atoms with E-state index in [1.165, 1.54) is 19.2 Å². The lowest BCUT2D eigenvalue weighted by Gasteiger charge is -2.11. The van der Waals surface area contributed by atoms with Crippen LogP contribution in [0.3, 0.4) is 0 Å². The van der Waals surface area contributed by atoms with E-state index in [2.05, 4.69) is 10.3 Å². The van der Waals surface area contributed by atoms with Crippen molar-refractivity contribution in [2.45, 2.75) is 13.8 Å². The second-order valence-electron chi connectivity index (χ2n) is 6.51. The molecule has 0 aliphatic carbocycles. The number of carbonyl (C=O) groups excluding carboxylic acids is 1. The number of H-pyrrole nitrogens is 1. The zero-order valence-corrected chi connectivity index (χ0v) is 16.4. The van der Waals surface area contributed by atoms with Crippen molar-refractivity contribution in [1.29, 1.82) is 0 Å². The highest BCUT2D eigenvalue weighted by Gasteiger charge is 2.19. The predicted molar refractivity (Wildman–Crippen MR) is 110 cm³/mol. The van der Waals surface area contributed by atoms with Crippen molar-refractivity contribution < 1.29 is 14.5 Å². The Hall–Kier alpha value is -4.21. The zero-order chi connectivity index (χ0) is 22.0. The monoisotopic (exact) mass is 410 g/mol. The quantitative estimate of drug-likeness (QED) is 0.489. The summed E-state index contributed by atoms with van der Waals surface area (Å²) < 4.78 is 5.96. The average molecular weight is 410 g/mol. The van der Waals surface area contributed by atoms with Crippen LogP contribution in [0, 0.1) is 24.0 Å². The number of nitrogens with zero attached hydrogens (tertiary/aromatic N) is 2.